The normalized spacial score (nSPS) is 10.7. The van der Waals surface area contributed by atoms with Gasteiger partial charge in [0.15, 0.2) is 0 Å². The molecule has 2 rings (SSSR count). The number of nitrogens with one attached hydrogen (secondary N) is 1. The maximum atomic E-state index is 8.91. The van der Waals surface area contributed by atoms with E-state index in [0.717, 1.165) is 16.6 Å². The van der Waals surface area contributed by atoms with Crippen molar-refractivity contribution in [2.75, 3.05) is 0 Å². The van der Waals surface area contributed by atoms with Crippen molar-refractivity contribution in [3.8, 4) is 0 Å². The van der Waals surface area contributed by atoms with Crippen LogP contribution < -0.4 is 5.46 Å². The molecule has 0 aliphatic heterocycles. The van der Waals surface area contributed by atoms with Gasteiger partial charge in [-0.3, -0.25) is 5.10 Å². The van der Waals surface area contributed by atoms with Crippen LogP contribution in [0.25, 0.3) is 10.9 Å². The number of aryl methyl sites for hydroxylation is 1. The van der Waals surface area contributed by atoms with Crippen molar-refractivity contribution in [1.29, 1.82) is 0 Å². The fourth-order valence-corrected chi connectivity index (χ4v) is 1.33. The highest BCUT2D eigenvalue weighted by molar-refractivity contribution is 6.58. The molecule has 0 aliphatic carbocycles. The van der Waals surface area contributed by atoms with Gasteiger partial charge in [-0.25, -0.2) is 0 Å². The van der Waals surface area contributed by atoms with Crippen molar-refractivity contribution in [2.24, 2.45) is 0 Å². The summed E-state index contributed by atoms with van der Waals surface area (Å²) in [4.78, 5) is 0. The summed E-state index contributed by atoms with van der Waals surface area (Å²) in [5, 5.41) is 25.6. The Balaban J connectivity index is 2.63. The highest BCUT2D eigenvalue weighted by atomic mass is 16.4. The van der Waals surface area contributed by atoms with Crippen LogP contribution >= 0.6 is 0 Å². The van der Waals surface area contributed by atoms with Crippen LogP contribution in [-0.4, -0.2) is 27.4 Å². The molecule has 1 aromatic carbocycles. The van der Waals surface area contributed by atoms with E-state index in [1.165, 1.54) is 0 Å². The second-order valence-corrected chi connectivity index (χ2v) is 2.99. The molecule has 0 radical (unpaired) electrons. The summed E-state index contributed by atoms with van der Waals surface area (Å²) in [6.45, 7) is 1.90. The van der Waals surface area contributed by atoms with Crippen molar-refractivity contribution in [3.63, 3.8) is 0 Å². The van der Waals surface area contributed by atoms with Crippen LogP contribution in [-0.2, 0) is 0 Å². The van der Waals surface area contributed by atoms with E-state index in [4.69, 9.17) is 10.0 Å². The Hall–Kier alpha value is -1.33. The molecule has 0 saturated heterocycles. The fourth-order valence-electron chi connectivity index (χ4n) is 1.33. The van der Waals surface area contributed by atoms with Crippen LogP contribution in [0.4, 0.5) is 0 Å². The van der Waals surface area contributed by atoms with E-state index in [-0.39, 0.29) is 0 Å². The molecule has 1 heterocycles. The molecule has 0 aliphatic rings. The molecule has 2 aromatic rings. The molecule has 3 N–H and O–H groups in total. The minimum atomic E-state index is -1.42. The third kappa shape index (κ3) is 1.32. The molecule has 4 nitrogen and oxygen atoms in total. The van der Waals surface area contributed by atoms with Gasteiger partial charge in [0.1, 0.15) is 0 Å². The molecule has 0 saturated carbocycles. The Morgan fingerprint density at radius 3 is 2.85 bits per heavy atom. The van der Waals surface area contributed by atoms with Gasteiger partial charge < -0.3 is 10.0 Å². The van der Waals surface area contributed by atoms with Gasteiger partial charge in [-0.2, -0.15) is 5.10 Å². The second kappa shape index (κ2) is 2.87. The fraction of sp³-hybridized carbons (Fsp3) is 0.125. The van der Waals surface area contributed by atoms with E-state index >= 15 is 0 Å². The third-order valence-corrected chi connectivity index (χ3v) is 2.08. The van der Waals surface area contributed by atoms with Crippen LogP contribution in [0.2, 0.25) is 0 Å². The first-order valence-corrected chi connectivity index (χ1v) is 3.99. The lowest BCUT2D eigenvalue weighted by Gasteiger charge is -1.97. The van der Waals surface area contributed by atoms with E-state index in [9.17, 15) is 0 Å². The molecule has 13 heavy (non-hydrogen) atoms. The SMILES string of the molecule is Cc1n[nH]c2cc(B(O)O)ccc12. The van der Waals surface area contributed by atoms with Crippen molar-refractivity contribution >= 4 is 23.5 Å². The van der Waals surface area contributed by atoms with Gasteiger partial charge in [-0.1, -0.05) is 12.1 Å². The topological polar surface area (TPSA) is 69.1 Å². The molecule has 0 unspecified atom stereocenters. The van der Waals surface area contributed by atoms with Crippen molar-refractivity contribution in [3.05, 3.63) is 23.9 Å². The van der Waals surface area contributed by atoms with Gasteiger partial charge in [0, 0.05) is 5.39 Å². The molecule has 0 amide bonds. The summed E-state index contributed by atoms with van der Waals surface area (Å²) in [5.74, 6) is 0. The number of rotatable bonds is 1. The highest BCUT2D eigenvalue weighted by Crippen LogP contribution is 2.12. The van der Waals surface area contributed by atoms with Crippen LogP contribution in [0.3, 0.4) is 0 Å². The quantitative estimate of drug-likeness (QED) is 0.515. The predicted molar refractivity (Wildman–Crippen MR) is 50.7 cm³/mol. The first-order chi connectivity index (χ1) is 6.18. The second-order valence-electron chi connectivity index (χ2n) is 2.99. The number of nitrogens with zero attached hydrogens (tertiary/aromatic N) is 1. The van der Waals surface area contributed by atoms with Gasteiger partial charge >= 0.3 is 7.12 Å². The molecule has 0 spiro atoms. The minimum absolute atomic E-state index is 0.469. The molecule has 0 bridgehead atoms. The Labute approximate surface area is 75.4 Å². The average molecular weight is 176 g/mol. The molecule has 1 aromatic heterocycles. The van der Waals surface area contributed by atoms with Crippen LogP contribution in [0, 0.1) is 6.92 Å². The van der Waals surface area contributed by atoms with E-state index in [1.54, 1.807) is 12.1 Å². The van der Waals surface area contributed by atoms with E-state index in [1.807, 2.05) is 13.0 Å². The molecule has 0 fully saturated rings. The van der Waals surface area contributed by atoms with Crippen LogP contribution in [0.5, 0.6) is 0 Å². The predicted octanol–water partition coefficient (Wildman–Crippen LogP) is -0.449. The van der Waals surface area contributed by atoms with Gasteiger partial charge in [0.2, 0.25) is 0 Å². The largest absolute Gasteiger partial charge is 0.488 e. The van der Waals surface area contributed by atoms with Crippen LogP contribution in [0.1, 0.15) is 5.69 Å². The Morgan fingerprint density at radius 2 is 2.15 bits per heavy atom. The minimum Gasteiger partial charge on any atom is -0.423 e. The van der Waals surface area contributed by atoms with E-state index in [2.05, 4.69) is 10.2 Å². The third-order valence-electron chi connectivity index (χ3n) is 2.08. The standard InChI is InChI=1S/C8H9BN2O2/c1-5-7-3-2-6(9(12)13)4-8(7)11-10-5/h2-4,12-13H,1H3,(H,10,11). The highest BCUT2D eigenvalue weighted by Gasteiger charge is 2.11. The summed E-state index contributed by atoms with van der Waals surface area (Å²) in [5.41, 5.74) is 2.20. The lowest BCUT2D eigenvalue weighted by molar-refractivity contribution is 0.426. The summed E-state index contributed by atoms with van der Waals surface area (Å²) >= 11 is 0. The van der Waals surface area contributed by atoms with Crippen molar-refractivity contribution < 1.29 is 10.0 Å². The van der Waals surface area contributed by atoms with Crippen molar-refractivity contribution in [1.82, 2.24) is 10.2 Å². The number of aromatic amines is 1. The van der Waals surface area contributed by atoms with E-state index < -0.39 is 7.12 Å². The van der Waals surface area contributed by atoms with Gasteiger partial charge in [-0.05, 0) is 18.5 Å². The molecule has 5 heteroatoms. The number of fused-ring (bicyclic) bond motifs is 1. The first-order valence-electron chi connectivity index (χ1n) is 3.99. The smallest absolute Gasteiger partial charge is 0.423 e. The Bertz CT molecular complexity index is 439. The molecule has 66 valence electrons. The summed E-state index contributed by atoms with van der Waals surface area (Å²) < 4.78 is 0. The number of hydrogen-bond donors (Lipinski definition) is 3. The van der Waals surface area contributed by atoms with Gasteiger partial charge in [-0.15, -0.1) is 0 Å². The Morgan fingerprint density at radius 1 is 1.38 bits per heavy atom. The summed E-state index contributed by atoms with van der Waals surface area (Å²) in [6.07, 6.45) is 0. The average Bonchev–Trinajstić information content (AvgIpc) is 2.47. The molecular weight excluding hydrogens is 167 g/mol. The zero-order valence-electron chi connectivity index (χ0n) is 7.15. The molecular formula is C8H9BN2O2. The van der Waals surface area contributed by atoms with Crippen LogP contribution in [0.15, 0.2) is 18.2 Å². The maximum Gasteiger partial charge on any atom is 0.488 e. The van der Waals surface area contributed by atoms with Gasteiger partial charge in [0.25, 0.3) is 0 Å². The number of aromatic nitrogens is 2. The number of H-pyrrole nitrogens is 1. The van der Waals surface area contributed by atoms with Gasteiger partial charge in [0.05, 0.1) is 11.2 Å². The number of hydrogen-bond acceptors (Lipinski definition) is 3. The first kappa shape index (κ1) is 8.28. The molecule has 0 atom stereocenters. The summed E-state index contributed by atoms with van der Waals surface area (Å²) in [7, 11) is -1.42. The lowest BCUT2D eigenvalue weighted by Crippen LogP contribution is -2.29. The lowest BCUT2D eigenvalue weighted by atomic mass is 9.80. The zero-order valence-corrected chi connectivity index (χ0v) is 7.15. The zero-order chi connectivity index (χ0) is 9.42. The summed E-state index contributed by atoms with van der Waals surface area (Å²) in [6, 6.07) is 5.18. The Kier molecular flexibility index (Phi) is 1.83. The monoisotopic (exact) mass is 176 g/mol. The maximum absolute atomic E-state index is 8.91. The number of benzene rings is 1. The van der Waals surface area contributed by atoms with Crippen molar-refractivity contribution in [2.45, 2.75) is 6.92 Å². The van der Waals surface area contributed by atoms with E-state index in [0.29, 0.717) is 5.46 Å².